The molecule has 0 unspecified atom stereocenters. The number of hydrogen-bond donors (Lipinski definition) is 0. The number of hydrogen-bond acceptors (Lipinski definition) is 4. The van der Waals surface area contributed by atoms with E-state index in [0.29, 0.717) is 5.88 Å². The number of ether oxygens (including phenoxy) is 1. The standard InChI is InChI=1S/C13H19BFNO3/c1-12(2)13(3,4)19-14(18-12)10-5-6-11(16-9-10)17-8-7-15/h5-6,9H,7-8H2,1-4H3. The van der Waals surface area contributed by atoms with Crippen molar-refractivity contribution in [1.29, 1.82) is 0 Å². The summed E-state index contributed by atoms with van der Waals surface area (Å²) in [6.07, 6.45) is 1.63. The summed E-state index contributed by atoms with van der Waals surface area (Å²) in [6.45, 7) is 7.49. The molecular formula is C13H19BFNO3. The summed E-state index contributed by atoms with van der Waals surface area (Å²) in [5, 5.41) is 0. The molecule has 19 heavy (non-hydrogen) atoms. The second-order valence-corrected chi connectivity index (χ2v) is 5.56. The van der Waals surface area contributed by atoms with Crippen molar-refractivity contribution in [1.82, 2.24) is 4.98 Å². The van der Waals surface area contributed by atoms with Crippen molar-refractivity contribution in [2.24, 2.45) is 0 Å². The van der Waals surface area contributed by atoms with Gasteiger partial charge in [-0.05, 0) is 33.8 Å². The Kier molecular flexibility index (Phi) is 3.83. The molecule has 2 rings (SSSR count). The van der Waals surface area contributed by atoms with Crippen LogP contribution in [0.5, 0.6) is 5.88 Å². The summed E-state index contributed by atoms with van der Waals surface area (Å²) in [6, 6.07) is 3.51. The van der Waals surface area contributed by atoms with Crippen LogP contribution in [0, 0.1) is 0 Å². The average molecular weight is 267 g/mol. The van der Waals surface area contributed by atoms with E-state index in [1.165, 1.54) is 0 Å². The first-order chi connectivity index (χ1) is 8.86. The van der Waals surface area contributed by atoms with Gasteiger partial charge in [-0.15, -0.1) is 0 Å². The third-order valence-corrected chi connectivity index (χ3v) is 3.61. The molecule has 0 N–H and O–H groups in total. The lowest BCUT2D eigenvalue weighted by Crippen LogP contribution is -2.41. The Hall–Kier alpha value is -1.14. The SMILES string of the molecule is CC1(C)OB(c2ccc(OCCF)nc2)OC1(C)C. The lowest BCUT2D eigenvalue weighted by Gasteiger charge is -2.32. The van der Waals surface area contributed by atoms with E-state index in [4.69, 9.17) is 14.0 Å². The predicted molar refractivity (Wildman–Crippen MR) is 71.4 cm³/mol. The molecule has 1 aromatic rings. The smallest absolute Gasteiger partial charge is 0.475 e. The molecule has 0 aromatic carbocycles. The van der Waals surface area contributed by atoms with E-state index in [9.17, 15) is 4.39 Å². The Balaban J connectivity index is 2.08. The van der Waals surface area contributed by atoms with Crippen molar-refractivity contribution in [3.05, 3.63) is 18.3 Å². The summed E-state index contributed by atoms with van der Waals surface area (Å²) in [5.41, 5.74) is 0.0773. The van der Waals surface area contributed by atoms with Crippen LogP contribution in [0.15, 0.2) is 18.3 Å². The van der Waals surface area contributed by atoms with Gasteiger partial charge in [0.2, 0.25) is 5.88 Å². The van der Waals surface area contributed by atoms with Crippen molar-refractivity contribution in [2.75, 3.05) is 13.3 Å². The van der Waals surface area contributed by atoms with E-state index in [1.807, 2.05) is 33.8 Å². The molecule has 104 valence electrons. The zero-order valence-corrected chi connectivity index (χ0v) is 11.8. The second kappa shape index (κ2) is 5.09. The quantitative estimate of drug-likeness (QED) is 0.779. The van der Waals surface area contributed by atoms with Crippen LogP contribution in [0.3, 0.4) is 0 Å². The van der Waals surface area contributed by atoms with Crippen molar-refractivity contribution >= 4 is 12.6 Å². The van der Waals surface area contributed by atoms with Gasteiger partial charge in [0.15, 0.2) is 0 Å². The van der Waals surface area contributed by atoms with Crippen LogP contribution in [0.25, 0.3) is 0 Å². The van der Waals surface area contributed by atoms with Crippen LogP contribution >= 0.6 is 0 Å². The number of aromatic nitrogens is 1. The van der Waals surface area contributed by atoms with E-state index >= 15 is 0 Å². The number of halogens is 1. The fraction of sp³-hybridized carbons (Fsp3) is 0.615. The fourth-order valence-electron chi connectivity index (χ4n) is 1.74. The summed E-state index contributed by atoms with van der Waals surface area (Å²) in [5.74, 6) is 0.401. The van der Waals surface area contributed by atoms with Gasteiger partial charge in [0.25, 0.3) is 0 Å². The van der Waals surface area contributed by atoms with Crippen molar-refractivity contribution in [3.8, 4) is 5.88 Å². The lowest BCUT2D eigenvalue weighted by atomic mass is 9.80. The maximum atomic E-state index is 12.0. The molecule has 1 fully saturated rings. The van der Waals surface area contributed by atoms with Crippen molar-refractivity contribution in [3.63, 3.8) is 0 Å². The molecule has 4 nitrogen and oxygen atoms in total. The maximum absolute atomic E-state index is 12.0. The van der Waals surface area contributed by atoms with Crippen molar-refractivity contribution in [2.45, 2.75) is 38.9 Å². The number of nitrogens with zero attached hydrogens (tertiary/aromatic N) is 1. The minimum absolute atomic E-state index is 0.0167. The highest BCUT2D eigenvalue weighted by Gasteiger charge is 2.51. The van der Waals surface area contributed by atoms with Gasteiger partial charge < -0.3 is 14.0 Å². The number of alkyl halides is 1. The molecule has 1 saturated heterocycles. The number of rotatable bonds is 4. The first kappa shape index (κ1) is 14.3. The molecule has 0 aliphatic carbocycles. The highest BCUT2D eigenvalue weighted by molar-refractivity contribution is 6.62. The molecule has 0 saturated carbocycles. The van der Waals surface area contributed by atoms with E-state index < -0.39 is 13.8 Å². The normalized spacial score (nSPS) is 20.6. The number of pyridine rings is 1. The van der Waals surface area contributed by atoms with E-state index in [-0.39, 0.29) is 17.8 Å². The molecule has 0 spiro atoms. The average Bonchev–Trinajstić information content (AvgIpc) is 2.56. The zero-order chi connectivity index (χ0) is 14.1. The van der Waals surface area contributed by atoms with Crippen LogP contribution in [-0.2, 0) is 9.31 Å². The largest absolute Gasteiger partial charge is 0.496 e. The maximum Gasteiger partial charge on any atom is 0.496 e. The first-order valence-electron chi connectivity index (χ1n) is 6.36. The van der Waals surface area contributed by atoms with Gasteiger partial charge >= 0.3 is 7.12 Å². The molecule has 0 atom stereocenters. The van der Waals surface area contributed by atoms with Crippen LogP contribution in [0.4, 0.5) is 4.39 Å². The Labute approximate surface area is 113 Å². The van der Waals surface area contributed by atoms with E-state index in [0.717, 1.165) is 5.46 Å². The van der Waals surface area contributed by atoms with Crippen LogP contribution < -0.4 is 10.2 Å². The minimum Gasteiger partial charge on any atom is -0.475 e. The Morgan fingerprint density at radius 3 is 2.32 bits per heavy atom. The molecule has 6 heteroatoms. The molecule has 1 aromatic heterocycles. The molecule has 2 heterocycles. The highest BCUT2D eigenvalue weighted by atomic mass is 19.1. The highest BCUT2D eigenvalue weighted by Crippen LogP contribution is 2.36. The fourth-order valence-corrected chi connectivity index (χ4v) is 1.74. The topological polar surface area (TPSA) is 40.6 Å². The van der Waals surface area contributed by atoms with Gasteiger partial charge in [-0.25, -0.2) is 9.37 Å². The van der Waals surface area contributed by atoms with Gasteiger partial charge in [0, 0.05) is 11.7 Å². The first-order valence-corrected chi connectivity index (χ1v) is 6.36. The molecule has 1 aliphatic rings. The lowest BCUT2D eigenvalue weighted by molar-refractivity contribution is 0.00578. The Morgan fingerprint density at radius 1 is 1.21 bits per heavy atom. The molecule has 0 bridgehead atoms. The minimum atomic E-state index is -0.527. The van der Waals surface area contributed by atoms with Gasteiger partial charge in [0.05, 0.1) is 11.2 Å². The molecule has 1 aliphatic heterocycles. The summed E-state index contributed by atoms with van der Waals surface area (Å²) < 4.78 is 28.9. The van der Waals surface area contributed by atoms with E-state index in [1.54, 1.807) is 12.3 Å². The van der Waals surface area contributed by atoms with Gasteiger partial charge in [-0.2, -0.15) is 0 Å². The van der Waals surface area contributed by atoms with Gasteiger partial charge in [-0.3, -0.25) is 0 Å². The summed E-state index contributed by atoms with van der Waals surface area (Å²) in [7, 11) is -0.437. The van der Waals surface area contributed by atoms with Gasteiger partial charge in [0.1, 0.15) is 13.3 Å². The second-order valence-electron chi connectivity index (χ2n) is 5.56. The van der Waals surface area contributed by atoms with Crippen molar-refractivity contribution < 1.29 is 18.4 Å². The molecule has 0 amide bonds. The third kappa shape index (κ3) is 2.90. The van der Waals surface area contributed by atoms with Crippen LogP contribution in [0.2, 0.25) is 0 Å². The Bertz CT molecular complexity index is 420. The monoisotopic (exact) mass is 267 g/mol. The summed E-state index contributed by atoms with van der Waals surface area (Å²) in [4.78, 5) is 4.11. The zero-order valence-electron chi connectivity index (χ0n) is 11.8. The van der Waals surface area contributed by atoms with Crippen LogP contribution in [-0.4, -0.2) is 36.6 Å². The van der Waals surface area contributed by atoms with E-state index in [2.05, 4.69) is 4.98 Å². The molecule has 0 radical (unpaired) electrons. The Morgan fingerprint density at radius 2 is 1.84 bits per heavy atom. The third-order valence-electron chi connectivity index (χ3n) is 3.61. The predicted octanol–water partition coefficient (Wildman–Crippen LogP) is 1.73. The molecular weight excluding hydrogens is 248 g/mol. The summed E-state index contributed by atoms with van der Waals surface area (Å²) >= 11 is 0. The van der Waals surface area contributed by atoms with Crippen LogP contribution in [0.1, 0.15) is 27.7 Å². The van der Waals surface area contributed by atoms with Gasteiger partial charge in [-0.1, -0.05) is 6.07 Å².